The zero-order valence-electron chi connectivity index (χ0n) is 10.5. The maximum absolute atomic E-state index is 12.2. The Hall–Kier alpha value is -2.13. The number of aromatic nitrogens is 3. The molecule has 0 atom stereocenters. The summed E-state index contributed by atoms with van der Waals surface area (Å²) >= 11 is 0. The zero-order valence-corrected chi connectivity index (χ0v) is 11.3. The maximum atomic E-state index is 12.2. The number of nitrogens with one attached hydrogen (secondary N) is 2. The van der Waals surface area contributed by atoms with Crippen LogP contribution >= 0.6 is 0 Å². The van der Waals surface area contributed by atoms with Crippen molar-refractivity contribution in [1.82, 2.24) is 14.8 Å². The second-order valence-corrected chi connectivity index (χ2v) is 5.50. The number of pyridine rings is 1. The number of hydrazine groups is 1. The molecule has 0 bridgehead atoms. The van der Waals surface area contributed by atoms with Crippen LogP contribution in [0.25, 0.3) is 0 Å². The number of rotatable bonds is 4. The molecule has 0 saturated heterocycles. The van der Waals surface area contributed by atoms with Gasteiger partial charge in [0.2, 0.25) is 5.03 Å². The van der Waals surface area contributed by atoms with Crippen LogP contribution in [0.3, 0.4) is 0 Å². The first-order valence-corrected chi connectivity index (χ1v) is 6.87. The average molecular weight is 282 g/mol. The normalized spacial score (nSPS) is 11.3. The molecule has 4 N–H and O–H groups in total. The van der Waals surface area contributed by atoms with E-state index in [1.807, 2.05) is 0 Å². The summed E-state index contributed by atoms with van der Waals surface area (Å²) in [7, 11) is -2.19. The molecule has 102 valence electrons. The average Bonchev–Trinajstić information content (AvgIpc) is 2.67. The van der Waals surface area contributed by atoms with Gasteiger partial charge in [0.05, 0.1) is 11.4 Å². The molecule has 8 nitrogen and oxygen atoms in total. The minimum Gasteiger partial charge on any atom is -0.321 e. The first-order valence-electron chi connectivity index (χ1n) is 5.39. The summed E-state index contributed by atoms with van der Waals surface area (Å²) in [6.07, 6.45) is 1.38. The van der Waals surface area contributed by atoms with Crippen molar-refractivity contribution in [2.75, 3.05) is 10.1 Å². The summed E-state index contributed by atoms with van der Waals surface area (Å²) in [6, 6.07) is 4.73. The van der Waals surface area contributed by atoms with Crippen LogP contribution in [0.4, 0.5) is 11.5 Å². The number of nitrogens with two attached hydrogens (primary N) is 1. The predicted octanol–water partition coefficient (Wildman–Crippen LogP) is 0.210. The van der Waals surface area contributed by atoms with Crippen LogP contribution in [0.15, 0.2) is 29.4 Å². The molecule has 0 aliphatic heterocycles. The highest BCUT2D eigenvalue weighted by Gasteiger charge is 2.21. The van der Waals surface area contributed by atoms with Crippen LogP contribution in [0.1, 0.15) is 5.69 Å². The van der Waals surface area contributed by atoms with Crippen LogP contribution in [-0.4, -0.2) is 23.2 Å². The van der Waals surface area contributed by atoms with E-state index in [0.717, 1.165) is 0 Å². The van der Waals surface area contributed by atoms with Gasteiger partial charge in [-0.05, 0) is 19.1 Å². The van der Waals surface area contributed by atoms with E-state index in [2.05, 4.69) is 20.2 Å². The lowest BCUT2D eigenvalue weighted by atomic mass is 10.4. The Morgan fingerprint density at radius 3 is 2.74 bits per heavy atom. The Labute approximate surface area is 110 Å². The third-order valence-corrected chi connectivity index (χ3v) is 3.73. The van der Waals surface area contributed by atoms with E-state index < -0.39 is 10.0 Å². The van der Waals surface area contributed by atoms with Crippen molar-refractivity contribution in [3.63, 3.8) is 0 Å². The molecule has 0 amide bonds. The van der Waals surface area contributed by atoms with Crippen LogP contribution < -0.4 is 16.0 Å². The van der Waals surface area contributed by atoms with Crippen molar-refractivity contribution in [1.29, 1.82) is 0 Å². The van der Waals surface area contributed by atoms with E-state index in [1.54, 1.807) is 26.1 Å². The van der Waals surface area contributed by atoms with E-state index in [0.29, 0.717) is 11.5 Å². The molecule has 2 aromatic heterocycles. The van der Waals surface area contributed by atoms with Crippen molar-refractivity contribution in [2.45, 2.75) is 11.9 Å². The first kappa shape index (κ1) is 13.3. The number of anilines is 2. The van der Waals surface area contributed by atoms with Gasteiger partial charge < -0.3 is 5.43 Å². The van der Waals surface area contributed by atoms with Gasteiger partial charge in [0.15, 0.2) is 0 Å². The summed E-state index contributed by atoms with van der Waals surface area (Å²) in [5.74, 6) is 5.63. The summed E-state index contributed by atoms with van der Waals surface area (Å²) in [4.78, 5) is 3.83. The molecule has 0 radical (unpaired) electrons. The molecular formula is C10H14N6O2S. The Morgan fingerprint density at radius 1 is 1.42 bits per heavy atom. The third-order valence-electron chi connectivity index (χ3n) is 2.42. The first-order chi connectivity index (χ1) is 8.94. The SMILES string of the molecule is Cc1cc(NS(=O)(=O)c2ncccc2NN)n(C)n1. The summed E-state index contributed by atoms with van der Waals surface area (Å²) in [6.45, 7) is 1.77. The monoisotopic (exact) mass is 282 g/mol. The van der Waals surface area contributed by atoms with Gasteiger partial charge in [-0.15, -0.1) is 0 Å². The second kappa shape index (κ2) is 4.86. The van der Waals surface area contributed by atoms with Crippen molar-refractivity contribution in [3.05, 3.63) is 30.1 Å². The quantitative estimate of drug-likeness (QED) is 0.545. The number of aryl methyl sites for hydroxylation is 2. The van der Waals surface area contributed by atoms with Crippen molar-refractivity contribution in [2.24, 2.45) is 12.9 Å². The van der Waals surface area contributed by atoms with E-state index in [1.165, 1.54) is 16.9 Å². The van der Waals surface area contributed by atoms with Crippen LogP contribution in [0, 0.1) is 6.92 Å². The van der Waals surface area contributed by atoms with Crippen molar-refractivity contribution < 1.29 is 8.42 Å². The molecule has 0 fully saturated rings. The molecule has 2 heterocycles. The summed E-state index contributed by atoms with van der Waals surface area (Å²) in [5, 5.41) is 3.89. The maximum Gasteiger partial charge on any atom is 0.282 e. The molecule has 19 heavy (non-hydrogen) atoms. The number of nitrogens with zero attached hydrogens (tertiary/aromatic N) is 3. The molecular weight excluding hydrogens is 268 g/mol. The van der Waals surface area contributed by atoms with E-state index >= 15 is 0 Å². The summed E-state index contributed by atoms with van der Waals surface area (Å²) < 4.78 is 28.3. The lowest BCUT2D eigenvalue weighted by Gasteiger charge is -2.10. The predicted molar refractivity (Wildman–Crippen MR) is 70.8 cm³/mol. The van der Waals surface area contributed by atoms with Gasteiger partial charge >= 0.3 is 0 Å². The fourth-order valence-corrected chi connectivity index (χ4v) is 2.79. The van der Waals surface area contributed by atoms with Gasteiger partial charge in [-0.2, -0.15) is 13.5 Å². The Balaban J connectivity index is 2.40. The lowest BCUT2D eigenvalue weighted by Crippen LogP contribution is -2.20. The molecule has 0 spiro atoms. The molecule has 9 heteroatoms. The minimum atomic E-state index is -3.83. The fourth-order valence-electron chi connectivity index (χ4n) is 1.61. The highest BCUT2D eigenvalue weighted by atomic mass is 32.2. The number of hydrogen-bond acceptors (Lipinski definition) is 6. The van der Waals surface area contributed by atoms with E-state index in [-0.39, 0.29) is 10.7 Å². The molecule has 0 unspecified atom stereocenters. The van der Waals surface area contributed by atoms with Crippen LogP contribution in [-0.2, 0) is 17.1 Å². The lowest BCUT2D eigenvalue weighted by molar-refractivity contribution is 0.597. The second-order valence-electron chi connectivity index (χ2n) is 3.90. The molecule has 2 aromatic rings. The van der Waals surface area contributed by atoms with Gasteiger partial charge in [0, 0.05) is 19.3 Å². The van der Waals surface area contributed by atoms with Gasteiger partial charge in [-0.3, -0.25) is 15.2 Å². The zero-order chi connectivity index (χ0) is 14.0. The highest BCUT2D eigenvalue weighted by molar-refractivity contribution is 7.92. The minimum absolute atomic E-state index is 0.170. The highest BCUT2D eigenvalue weighted by Crippen LogP contribution is 2.20. The number of nitrogen functional groups attached to an aromatic ring is 1. The van der Waals surface area contributed by atoms with Gasteiger partial charge in [-0.25, -0.2) is 4.98 Å². The Bertz CT molecular complexity index is 694. The third kappa shape index (κ3) is 2.66. The van der Waals surface area contributed by atoms with Crippen LogP contribution in [0.2, 0.25) is 0 Å². The topological polar surface area (TPSA) is 115 Å². The van der Waals surface area contributed by atoms with Gasteiger partial charge in [0.25, 0.3) is 10.0 Å². The Kier molecular flexibility index (Phi) is 3.40. The molecule has 0 aromatic carbocycles. The number of hydrogen-bond donors (Lipinski definition) is 3. The molecule has 2 rings (SSSR count). The Morgan fingerprint density at radius 2 is 2.16 bits per heavy atom. The smallest absolute Gasteiger partial charge is 0.282 e. The van der Waals surface area contributed by atoms with Crippen LogP contribution in [0.5, 0.6) is 0 Å². The fraction of sp³-hybridized carbons (Fsp3) is 0.200. The molecule has 0 aliphatic rings. The summed E-state index contributed by atoms with van der Waals surface area (Å²) in [5.41, 5.74) is 3.23. The molecule has 0 aliphatic carbocycles. The standard InChI is InChI=1S/C10H14N6O2S/c1-7-6-9(16(2)14-7)15-19(17,18)10-8(13-11)4-3-5-12-10/h3-6,13,15H,11H2,1-2H3. The number of sulfonamides is 1. The van der Waals surface area contributed by atoms with Crippen molar-refractivity contribution >= 4 is 21.5 Å². The van der Waals surface area contributed by atoms with E-state index in [9.17, 15) is 8.42 Å². The van der Waals surface area contributed by atoms with Gasteiger partial charge in [0.1, 0.15) is 5.82 Å². The molecule has 0 saturated carbocycles. The largest absolute Gasteiger partial charge is 0.321 e. The van der Waals surface area contributed by atoms with Gasteiger partial charge in [-0.1, -0.05) is 0 Å². The van der Waals surface area contributed by atoms with Crippen molar-refractivity contribution in [3.8, 4) is 0 Å². The van der Waals surface area contributed by atoms with E-state index in [4.69, 9.17) is 5.84 Å².